The van der Waals surface area contributed by atoms with Crippen molar-refractivity contribution in [3.63, 3.8) is 0 Å². The highest BCUT2D eigenvalue weighted by Gasteiger charge is 2.20. The molecule has 1 fully saturated rings. The molecule has 1 aromatic carbocycles. The Balaban J connectivity index is 1.68. The number of nitrogens with one attached hydrogen (secondary N) is 1. The van der Waals surface area contributed by atoms with Gasteiger partial charge >= 0.3 is 0 Å². The van der Waals surface area contributed by atoms with Crippen LogP contribution in [0.1, 0.15) is 43.4 Å². The topological polar surface area (TPSA) is 42.0 Å². The molecule has 23 heavy (non-hydrogen) atoms. The van der Waals surface area contributed by atoms with Crippen molar-refractivity contribution < 1.29 is 4.79 Å². The van der Waals surface area contributed by atoms with Gasteiger partial charge in [-0.15, -0.1) is 0 Å². The van der Waals surface area contributed by atoms with Crippen LogP contribution in [0.2, 0.25) is 0 Å². The largest absolute Gasteiger partial charge is 0.326 e. The van der Waals surface area contributed by atoms with Gasteiger partial charge < -0.3 is 5.32 Å². The minimum Gasteiger partial charge on any atom is -0.326 e. The Morgan fingerprint density at radius 1 is 1.04 bits per heavy atom. The fourth-order valence-corrected chi connectivity index (χ4v) is 2.86. The minimum atomic E-state index is 0.138. The smallest absolute Gasteiger partial charge is 0.227 e. The number of hydrogen-bond donors (Lipinski definition) is 1. The van der Waals surface area contributed by atoms with Crippen LogP contribution >= 0.6 is 0 Å². The summed E-state index contributed by atoms with van der Waals surface area (Å²) in [6.45, 7) is 0. The molecule has 1 heterocycles. The number of hydrogen-bond acceptors (Lipinski definition) is 2. The second-order valence-corrected chi connectivity index (χ2v) is 5.87. The maximum absolute atomic E-state index is 12.3. The number of carbonyl (C=O) groups excluding carboxylic acids is 1. The third-order valence-electron chi connectivity index (χ3n) is 4.11. The van der Waals surface area contributed by atoms with Crippen LogP contribution in [0.25, 0.3) is 0 Å². The van der Waals surface area contributed by atoms with Gasteiger partial charge in [0.1, 0.15) is 5.69 Å². The molecule has 1 aliphatic carbocycles. The first kappa shape index (κ1) is 15.3. The molecule has 1 amide bonds. The van der Waals surface area contributed by atoms with Crippen LogP contribution in [-0.2, 0) is 4.79 Å². The van der Waals surface area contributed by atoms with Gasteiger partial charge in [0.2, 0.25) is 5.91 Å². The summed E-state index contributed by atoms with van der Waals surface area (Å²) >= 11 is 0. The molecule has 3 heteroatoms. The Morgan fingerprint density at radius 2 is 1.91 bits per heavy atom. The zero-order chi connectivity index (χ0) is 15.9. The van der Waals surface area contributed by atoms with E-state index in [0.29, 0.717) is 0 Å². The molecule has 1 N–H and O–H groups in total. The molecule has 0 aliphatic heterocycles. The van der Waals surface area contributed by atoms with Gasteiger partial charge in [-0.25, -0.2) is 4.98 Å². The quantitative estimate of drug-likeness (QED) is 0.852. The van der Waals surface area contributed by atoms with Crippen LogP contribution in [0.3, 0.4) is 0 Å². The average molecular weight is 304 g/mol. The van der Waals surface area contributed by atoms with Crippen molar-refractivity contribution in [2.24, 2.45) is 5.92 Å². The van der Waals surface area contributed by atoms with E-state index in [1.807, 2.05) is 42.5 Å². The predicted molar refractivity (Wildman–Crippen MR) is 91.9 cm³/mol. The van der Waals surface area contributed by atoms with Crippen LogP contribution in [0.4, 0.5) is 5.69 Å². The third-order valence-corrected chi connectivity index (χ3v) is 4.11. The van der Waals surface area contributed by atoms with Crippen molar-refractivity contribution in [2.45, 2.75) is 32.1 Å². The molecule has 0 saturated heterocycles. The van der Waals surface area contributed by atoms with E-state index >= 15 is 0 Å². The number of anilines is 1. The summed E-state index contributed by atoms with van der Waals surface area (Å²) in [4.78, 5) is 16.5. The molecular weight excluding hydrogens is 284 g/mol. The summed E-state index contributed by atoms with van der Waals surface area (Å²) < 4.78 is 0. The zero-order valence-corrected chi connectivity index (χ0v) is 13.1. The molecule has 0 radical (unpaired) electrons. The van der Waals surface area contributed by atoms with Gasteiger partial charge in [0.15, 0.2) is 0 Å². The van der Waals surface area contributed by atoms with Crippen LogP contribution < -0.4 is 5.32 Å². The summed E-state index contributed by atoms with van der Waals surface area (Å²) in [7, 11) is 0. The second kappa shape index (κ2) is 7.60. The SMILES string of the molecule is O=C(Nc1cccc(C#Cc2ccccn2)c1)C1CCCCC1. The lowest BCUT2D eigenvalue weighted by Gasteiger charge is -2.20. The first-order chi connectivity index (χ1) is 11.3. The third kappa shape index (κ3) is 4.43. The summed E-state index contributed by atoms with van der Waals surface area (Å²) in [6, 6.07) is 13.3. The Bertz CT molecular complexity index is 722. The molecule has 2 aromatic rings. The maximum atomic E-state index is 12.3. The first-order valence-corrected chi connectivity index (χ1v) is 8.15. The lowest BCUT2D eigenvalue weighted by molar-refractivity contribution is -0.120. The van der Waals surface area contributed by atoms with Gasteiger partial charge in [-0.2, -0.15) is 0 Å². The van der Waals surface area contributed by atoms with Gasteiger partial charge in [0, 0.05) is 23.4 Å². The number of pyridine rings is 1. The first-order valence-electron chi connectivity index (χ1n) is 8.15. The van der Waals surface area contributed by atoms with Gasteiger partial charge in [0.25, 0.3) is 0 Å². The van der Waals surface area contributed by atoms with Crippen molar-refractivity contribution >= 4 is 11.6 Å². The van der Waals surface area contributed by atoms with Crippen LogP contribution in [0.5, 0.6) is 0 Å². The summed E-state index contributed by atoms with van der Waals surface area (Å²) in [5.41, 5.74) is 2.43. The van der Waals surface area contributed by atoms with Gasteiger partial charge in [-0.05, 0) is 49.1 Å². The van der Waals surface area contributed by atoms with Gasteiger partial charge in [-0.3, -0.25) is 4.79 Å². The fourth-order valence-electron chi connectivity index (χ4n) is 2.86. The number of amides is 1. The Hall–Kier alpha value is -2.60. The minimum absolute atomic E-state index is 0.138. The number of rotatable bonds is 2. The van der Waals surface area contributed by atoms with Crippen LogP contribution in [0, 0.1) is 17.8 Å². The standard InChI is InChI=1S/C20H20N2O/c23-20(17-8-2-1-3-9-17)22-19-11-6-7-16(15-19)12-13-18-10-4-5-14-21-18/h4-7,10-11,14-15,17H,1-3,8-9H2,(H,22,23). The number of aromatic nitrogens is 1. The van der Waals surface area contributed by atoms with E-state index < -0.39 is 0 Å². The van der Waals surface area contributed by atoms with Crippen molar-refractivity contribution in [1.29, 1.82) is 0 Å². The number of nitrogens with zero attached hydrogens (tertiary/aromatic N) is 1. The average Bonchev–Trinajstić information content (AvgIpc) is 2.62. The van der Waals surface area contributed by atoms with E-state index in [0.717, 1.165) is 42.6 Å². The van der Waals surface area contributed by atoms with Gasteiger partial charge in [-0.1, -0.05) is 37.3 Å². The van der Waals surface area contributed by atoms with Crippen LogP contribution in [-0.4, -0.2) is 10.9 Å². The van der Waals surface area contributed by atoms with Crippen molar-refractivity contribution in [3.8, 4) is 11.8 Å². The Kier molecular flexibility index (Phi) is 5.06. The Labute approximate surface area is 137 Å². The summed E-state index contributed by atoms with van der Waals surface area (Å²) in [5.74, 6) is 6.42. The molecule has 3 nitrogen and oxygen atoms in total. The van der Waals surface area contributed by atoms with E-state index in [1.54, 1.807) is 6.20 Å². The molecule has 116 valence electrons. The molecule has 0 spiro atoms. The van der Waals surface area contributed by atoms with E-state index in [1.165, 1.54) is 6.42 Å². The van der Waals surface area contributed by atoms with E-state index in [9.17, 15) is 4.79 Å². The maximum Gasteiger partial charge on any atom is 0.227 e. The lowest BCUT2D eigenvalue weighted by Crippen LogP contribution is -2.24. The molecule has 0 bridgehead atoms. The predicted octanol–water partition coefficient (Wildman–Crippen LogP) is 4.00. The highest BCUT2D eigenvalue weighted by atomic mass is 16.1. The second-order valence-electron chi connectivity index (χ2n) is 5.87. The molecule has 0 atom stereocenters. The molecule has 1 aromatic heterocycles. The highest BCUT2D eigenvalue weighted by Crippen LogP contribution is 2.25. The van der Waals surface area contributed by atoms with Gasteiger partial charge in [0.05, 0.1) is 0 Å². The number of carbonyl (C=O) groups is 1. The van der Waals surface area contributed by atoms with Crippen LogP contribution in [0.15, 0.2) is 48.7 Å². The van der Waals surface area contributed by atoms with Crippen molar-refractivity contribution in [3.05, 3.63) is 59.9 Å². The van der Waals surface area contributed by atoms with E-state index in [-0.39, 0.29) is 11.8 Å². The highest BCUT2D eigenvalue weighted by molar-refractivity contribution is 5.92. The van der Waals surface area contributed by atoms with Crippen molar-refractivity contribution in [2.75, 3.05) is 5.32 Å². The lowest BCUT2D eigenvalue weighted by atomic mass is 9.88. The molecule has 0 unspecified atom stereocenters. The zero-order valence-electron chi connectivity index (χ0n) is 13.1. The van der Waals surface area contributed by atoms with E-state index in [4.69, 9.17) is 0 Å². The Morgan fingerprint density at radius 3 is 2.70 bits per heavy atom. The monoisotopic (exact) mass is 304 g/mol. The molecule has 3 rings (SSSR count). The molecule has 1 saturated carbocycles. The fraction of sp³-hybridized carbons (Fsp3) is 0.300. The van der Waals surface area contributed by atoms with E-state index in [2.05, 4.69) is 22.1 Å². The molecule has 1 aliphatic rings. The summed E-state index contributed by atoms with van der Waals surface area (Å²) in [6.07, 6.45) is 7.31. The van der Waals surface area contributed by atoms with Crippen molar-refractivity contribution in [1.82, 2.24) is 4.98 Å². The molecular formula is C20H20N2O. The number of benzene rings is 1. The summed E-state index contributed by atoms with van der Waals surface area (Å²) in [5, 5.41) is 3.03. The normalized spacial score (nSPS) is 14.6.